The molecule has 1 rings (SSSR count). The minimum Gasteiger partial charge on any atom is -0.388 e. The molecule has 3 N–H and O–H groups in total. The summed E-state index contributed by atoms with van der Waals surface area (Å²) in [5.74, 6) is 0. The average molecular weight is 204 g/mol. The van der Waals surface area contributed by atoms with Crippen LogP contribution in [0.4, 0.5) is 0 Å². The molecule has 82 valence electrons. The largest absolute Gasteiger partial charge is 0.388 e. The first-order valence-corrected chi connectivity index (χ1v) is 4.75. The molecule has 0 aromatic rings. The summed E-state index contributed by atoms with van der Waals surface area (Å²) in [6.45, 7) is 1.80. The fourth-order valence-electron chi connectivity index (χ4n) is 1.65. The highest BCUT2D eigenvalue weighted by atomic mass is 16.5. The van der Waals surface area contributed by atoms with Crippen molar-refractivity contribution >= 4 is 6.29 Å². The summed E-state index contributed by atoms with van der Waals surface area (Å²) in [4.78, 5) is 10.3. The van der Waals surface area contributed by atoms with Crippen molar-refractivity contribution in [3.05, 3.63) is 0 Å². The van der Waals surface area contributed by atoms with Crippen LogP contribution in [0.25, 0.3) is 0 Å². The fourth-order valence-corrected chi connectivity index (χ4v) is 1.65. The van der Waals surface area contributed by atoms with Gasteiger partial charge in [0.15, 0.2) is 0 Å². The number of hydrogen-bond donors (Lipinski definition) is 3. The first kappa shape index (κ1) is 11.6. The molecule has 0 saturated carbocycles. The van der Waals surface area contributed by atoms with Crippen LogP contribution in [-0.4, -0.2) is 52.1 Å². The number of aliphatic hydroxyl groups excluding tert-OH is 3. The van der Waals surface area contributed by atoms with Gasteiger partial charge in [-0.1, -0.05) is 6.92 Å². The molecule has 0 aromatic carbocycles. The van der Waals surface area contributed by atoms with Crippen LogP contribution < -0.4 is 0 Å². The molecule has 0 aromatic heterocycles. The first-order chi connectivity index (χ1) is 6.61. The Morgan fingerprint density at radius 3 is 2.21 bits per heavy atom. The highest BCUT2D eigenvalue weighted by molar-refractivity contribution is 5.50. The van der Waals surface area contributed by atoms with E-state index >= 15 is 0 Å². The van der Waals surface area contributed by atoms with Gasteiger partial charge in [-0.3, -0.25) is 0 Å². The highest BCUT2D eigenvalue weighted by Crippen LogP contribution is 2.24. The van der Waals surface area contributed by atoms with Crippen molar-refractivity contribution in [1.29, 1.82) is 0 Å². The molecule has 0 radical (unpaired) electrons. The van der Waals surface area contributed by atoms with Crippen LogP contribution in [0.15, 0.2) is 0 Å². The molecule has 0 bridgehead atoms. The molecule has 5 atom stereocenters. The standard InChI is InChI=1S/C9H16O5/c1-2-5-7(11)9(13)8(12)6(14-5)3-4-10/h4-9,11-13H,2-3H2,1H3/t5-,6?,7?,8+,9?/m0/s1. The molecule has 1 fully saturated rings. The molecule has 1 saturated heterocycles. The third-order valence-electron chi connectivity index (χ3n) is 2.54. The molecule has 14 heavy (non-hydrogen) atoms. The zero-order valence-electron chi connectivity index (χ0n) is 8.04. The van der Waals surface area contributed by atoms with Crippen LogP contribution in [-0.2, 0) is 9.53 Å². The van der Waals surface area contributed by atoms with E-state index in [9.17, 15) is 20.1 Å². The van der Waals surface area contributed by atoms with Crippen LogP contribution in [0.5, 0.6) is 0 Å². The summed E-state index contributed by atoms with van der Waals surface area (Å²) >= 11 is 0. The average Bonchev–Trinajstić information content (AvgIpc) is 2.19. The minimum atomic E-state index is -1.24. The van der Waals surface area contributed by atoms with Gasteiger partial charge in [-0.25, -0.2) is 0 Å². The van der Waals surface area contributed by atoms with Gasteiger partial charge in [-0.05, 0) is 6.42 Å². The van der Waals surface area contributed by atoms with Crippen LogP contribution in [0.1, 0.15) is 19.8 Å². The maximum absolute atomic E-state index is 10.3. The van der Waals surface area contributed by atoms with E-state index in [1.54, 1.807) is 6.92 Å². The van der Waals surface area contributed by atoms with E-state index in [4.69, 9.17) is 4.74 Å². The number of carbonyl (C=O) groups is 1. The van der Waals surface area contributed by atoms with E-state index in [0.29, 0.717) is 12.7 Å². The molecular weight excluding hydrogens is 188 g/mol. The van der Waals surface area contributed by atoms with Gasteiger partial charge in [0.1, 0.15) is 24.6 Å². The number of aliphatic hydroxyl groups is 3. The van der Waals surface area contributed by atoms with Crippen LogP contribution in [0.3, 0.4) is 0 Å². The number of hydrogen-bond acceptors (Lipinski definition) is 5. The topological polar surface area (TPSA) is 87.0 Å². The third-order valence-corrected chi connectivity index (χ3v) is 2.54. The lowest BCUT2D eigenvalue weighted by Gasteiger charge is -2.39. The van der Waals surface area contributed by atoms with Gasteiger partial charge in [0.05, 0.1) is 12.2 Å². The molecule has 0 amide bonds. The number of carbonyl (C=O) groups excluding carboxylic acids is 1. The van der Waals surface area contributed by atoms with Gasteiger partial charge in [-0.15, -0.1) is 0 Å². The SMILES string of the molecule is CC[C@@H]1OC(CC=O)[C@@H](O)C(O)C1O. The molecule has 5 heteroatoms. The molecule has 1 aliphatic heterocycles. The Labute approximate surface area is 82.3 Å². The van der Waals surface area contributed by atoms with E-state index < -0.39 is 30.5 Å². The summed E-state index contributed by atoms with van der Waals surface area (Å²) in [5, 5.41) is 28.4. The zero-order chi connectivity index (χ0) is 10.7. The number of aldehydes is 1. The molecular formula is C9H16O5. The second-order valence-corrected chi connectivity index (χ2v) is 3.50. The molecule has 0 spiro atoms. The second-order valence-electron chi connectivity index (χ2n) is 3.50. The van der Waals surface area contributed by atoms with E-state index in [2.05, 4.69) is 0 Å². The Bertz CT molecular complexity index is 194. The lowest BCUT2D eigenvalue weighted by atomic mass is 9.92. The van der Waals surface area contributed by atoms with Crippen LogP contribution in [0.2, 0.25) is 0 Å². The Kier molecular flexibility index (Phi) is 4.00. The smallest absolute Gasteiger partial charge is 0.122 e. The quantitative estimate of drug-likeness (QED) is 0.504. The first-order valence-electron chi connectivity index (χ1n) is 4.75. The van der Waals surface area contributed by atoms with Crippen molar-refractivity contribution in [3.8, 4) is 0 Å². The third kappa shape index (κ3) is 2.12. The summed E-state index contributed by atoms with van der Waals surface area (Å²) < 4.78 is 5.28. The van der Waals surface area contributed by atoms with Gasteiger partial charge in [-0.2, -0.15) is 0 Å². The maximum atomic E-state index is 10.3. The van der Waals surface area contributed by atoms with Crippen molar-refractivity contribution in [3.63, 3.8) is 0 Å². The predicted octanol–water partition coefficient (Wildman–Crippen LogP) is -1.16. The predicted molar refractivity (Wildman–Crippen MR) is 47.7 cm³/mol. The van der Waals surface area contributed by atoms with Gasteiger partial charge >= 0.3 is 0 Å². The van der Waals surface area contributed by atoms with Crippen molar-refractivity contribution < 1.29 is 24.9 Å². The Balaban J connectivity index is 2.67. The van der Waals surface area contributed by atoms with Crippen molar-refractivity contribution in [2.45, 2.75) is 50.3 Å². The van der Waals surface area contributed by atoms with E-state index in [0.717, 1.165) is 0 Å². The molecule has 3 unspecified atom stereocenters. The van der Waals surface area contributed by atoms with Gasteiger partial charge in [0.2, 0.25) is 0 Å². The summed E-state index contributed by atoms with van der Waals surface area (Å²) in [7, 11) is 0. The van der Waals surface area contributed by atoms with E-state index in [1.807, 2.05) is 0 Å². The monoisotopic (exact) mass is 204 g/mol. The normalized spacial score (nSPS) is 43.6. The number of ether oxygens (including phenoxy) is 1. The van der Waals surface area contributed by atoms with Crippen LogP contribution >= 0.6 is 0 Å². The lowest BCUT2D eigenvalue weighted by Crippen LogP contribution is -2.57. The highest BCUT2D eigenvalue weighted by Gasteiger charge is 2.42. The van der Waals surface area contributed by atoms with Crippen LogP contribution in [0, 0.1) is 0 Å². The van der Waals surface area contributed by atoms with Crippen molar-refractivity contribution in [1.82, 2.24) is 0 Å². The number of rotatable bonds is 3. The van der Waals surface area contributed by atoms with E-state index in [-0.39, 0.29) is 6.42 Å². The summed E-state index contributed by atoms with van der Waals surface area (Å²) in [5.41, 5.74) is 0. The molecule has 5 nitrogen and oxygen atoms in total. The van der Waals surface area contributed by atoms with Crippen molar-refractivity contribution in [2.24, 2.45) is 0 Å². The van der Waals surface area contributed by atoms with E-state index in [1.165, 1.54) is 0 Å². The molecule has 1 heterocycles. The minimum absolute atomic E-state index is 0.0292. The van der Waals surface area contributed by atoms with Crippen molar-refractivity contribution in [2.75, 3.05) is 0 Å². The lowest BCUT2D eigenvalue weighted by molar-refractivity contribution is -0.222. The molecule has 0 aliphatic carbocycles. The Morgan fingerprint density at radius 1 is 1.14 bits per heavy atom. The van der Waals surface area contributed by atoms with Gasteiger partial charge in [0, 0.05) is 6.42 Å². The van der Waals surface area contributed by atoms with Gasteiger partial charge in [0.25, 0.3) is 0 Å². The Morgan fingerprint density at radius 2 is 1.71 bits per heavy atom. The maximum Gasteiger partial charge on any atom is 0.122 e. The zero-order valence-corrected chi connectivity index (χ0v) is 8.04. The molecule has 1 aliphatic rings. The fraction of sp³-hybridized carbons (Fsp3) is 0.889. The summed E-state index contributed by atoms with van der Waals surface area (Å²) in [6, 6.07) is 0. The Hall–Kier alpha value is -0.490. The van der Waals surface area contributed by atoms with Gasteiger partial charge < -0.3 is 24.9 Å². The second kappa shape index (κ2) is 4.84. The summed E-state index contributed by atoms with van der Waals surface area (Å²) in [6.07, 6.45) is -3.56.